The minimum Gasteiger partial charge on any atom is -0.391 e. The summed E-state index contributed by atoms with van der Waals surface area (Å²) in [5, 5.41) is 13.0. The van der Waals surface area contributed by atoms with Gasteiger partial charge in [-0.1, -0.05) is 13.8 Å². The lowest BCUT2D eigenvalue weighted by Gasteiger charge is -2.16. The minimum atomic E-state index is -0.286. The maximum atomic E-state index is 9.81. The van der Waals surface area contributed by atoms with Crippen LogP contribution in [0.15, 0.2) is 6.33 Å². The molecule has 0 saturated heterocycles. The molecule has 4 N–H and O–H groups in total. The van der Waals surface area contributed by atoms with Crippen molar-refractivity contribution in [2.24, 2.45) is 5.92 Å². The SMILES string of the molecule is CC(C)c1c(N)ncnc1NCC(O)C1CC1. The van der Waals surface area contributed by atoms with Crippen molar-refractivity contribution in [3.8, 4) is 0 Å². The number of nitrogens with zero attached hydrogens (tertiary/aromatic N) is 2. The molecule has 1 fully saturated rings. The summed E-state index contributed by atoms with van der Waals surface area (Å²) >= 11 is 0. The Kier molecular flexibility index (Phi) is 3.47. The number of nitrogens with one attached hydrogen (secondary N) is 1. The van der Waals surface area contributed by atoms with Crippen molar-refractivity contribution in [1.29, 1.82) is 0 Å². The highest BCUT2D eigenvalue weighted by Crippen LogP contribution is 2.33. The zero-order chi connectivity index (χ0) is 12.4. The molecule has 1 aromatic rings. The van der Waals surface area contributed by atoms with Gasteiger partial charge in [-0.3, -0.25) is 0 Å². The van der Waals surface area contributed by atoms with Crippen LogP contribution < -0.4 is 11.1 Å². The van der Waals surface area contributed by atoms with Gasteiger partial charge in [0.2, 0.25) is 0 Å². The van der Waals surface area contributed by atoms with Crippen molar-refractivity contribution in [3.63, 3.8) is 0 Å². The average Bonchev–Trinajstić information content (AvgIpc) is 3.08. The first kappa shape index (κ1) is 12.1. The highest BCUT2D eigenvalue weighted by Gasteiger charge is 2.29. The number of aliphatic hydroxyl groups is 1. The van der Waals surface area contributed by atoms with Crippen molar-refractivity contribution >= 4 is 11.6 Å². The Hall–Kier alpha value is -1.36. The summed E-state index contributed by atoms with van der Waals surface area (Å²) in [6.07, 6.45) is 3.43. The van der Waals surface area contributed by atoms with Crippen LogP contribution in [0.2, 0.25) is 0 Å². The maximum absolute atomic E-state index is 9.81. The van der Waals surface area contributed by atoms with Gasteiger partial charge in [0.1, 0.15) is 18.0 Å². The summed E-state index contributed by atoms with van der Waals surface area (Å²) in [4.78, 5) is 8.20. The Morgan fingerprint density at radius 1 is 1.47 bits per heavy atom. The molecule has 5 nitrogen and oxygen atoms in total. The van der Waals surface area contributed by atoms with Gasteiger partial charge >= 0.3 is 0 Å². The molecule has 0 bridgehead atoms. The van der Waals surface area contributed by atoms with Crippen LogP contribution in [0, 0.1) is 5.92 Å². The van der Waals surface area contributed by atoms with Gasteiger partial charge < -0.3 is 16.2 Å². The number of rotatable bonds is 5. The third-order valence-corrected chi connectivity index (χ3v) is 3.14. The van der Waals surface area contributed by atoms with Crippen molar-refractivity contribution in [3.05, 3.63) is 11.9 Å². The lowest BCUT2D eigenvalue weighted by Crippen LogP contribution is -2.23. The molecule has 0 aromatic carbocycles. The normalized spacial score (nSPS) is 17.2. The summed E-state index contributed by atoms with van der Waals surface area (Å²) in [5.41, 5.74) is 6.77. The smallest absolute Gasteiger partial charge is 0.135 e. The number of nitrogen functional groups attached to an aromatic ring is 1. The summed E-state index contributed by atoms with van der Waals surface area (Å²) < 4.78 is 0. The molecule has 5 heteroatoms. The van der Waals surface area contributed by atoms with Crippen LogP contribution >= 0.6 is 0 Å². The van der Waals surface area contributed by atoms with Gasteiger partial charge in [-0.2, -0.15) is 0 Å². The van der Waals surface area contributed by atoms with E-state index in [1.807, 2.05) is 0 Å². The summed E-state index contributed by atoms with van der Waals surface area (Å²) in [6, 6.07) is 0. The number of aliphatic hydroxyl groups excluding tert-OH is 1. The first-order valence-electron chi connectivity index (χ1n) is 6.12. The van der Waals surface area contributed by atoms with Crippen LogP contribution in [0.1, 0.15) is 38.2 Å². The second kappa shape index (κ2) is 4.87. The molecule has 1 aromatic heterocycles. The van der Waals surface area contributed by atoms with Crippen LogP contribution in [0.3, 0.4) is 0 Å². The van der Waals surface area contributed by atoms with Gasteiger partial charge in [0, 0.05) is 12.1 Å². The highest BCUT2D eigenvalue weighted by atomic mass is 16.3. The molecular weight excluding hydrogens is 216 g/mol. The lowest BCUT2D eigenvalue weighted by molar-refractivity contribution is 0.164. The molecule has 0 amide bonds. The molecule has 2 rings (SSSR count). The van der Waals surface area contributed by atoms with E-state index in [1.54, 1.807) is 0 Å². The van der Waals surface area contributed by atoms with Crippen molar-refractivity contribution in [2.75, 3.05) is 17.6 Å². The van der Waals surface area contributed by atoms with E-state index < -0.39 is 0 Å². The molecule has 0 aliphatic heterocycles. The molecule has 0 spiro atoms. The van der Waals surface area contributed by atoms with Gasteiger partial charge in [-0.15, -0.1) is 0 Å². The molecule has 1 heterocycles. The Bertz CT molecular complexity index is 390. The molecule has 0 radical (unpaired) electrons. The van der Waals surface area contributed by atoms with Crippen LogP contribution in [0.4, 0.5) is 11.6 Å². The second-order valence-electron chi connectivity index (χ2n) is 4.96. The fourth-order valence-electron chi connectivity index (χ4n) is 1.97. The third kappa shape index (κ3) is 2.85. The van der Waals surface area contributed by atoms with Gasteiger partial charge in [-0.25, -0.2) is 9.97 Å². The Morgan fingerprint density at radius 2 is 2.18 bits per heavy atom. The Balaban J connectivity index is 2.06. The average molecular weight is 236 g/mol. The van der Waals surface area contributed by atoms with Gasteiger partial charge in [0.25, 0.3) is 0 Å². The lowest BCUT2D eigenvalue weighted by atomic mass is 10.0. The van der Waals surface area contributed by atoms with Crippen molar-refractivity contribution in [1.82, 2.24) is 9.97 Å². The molecule has 1 aliphatic carbocycles. The van der Waals surface area contributed by atoms with E-state index in [2.05, 4.69) is 29.1 Å². The van der Waals surface area contributed by atoms with Crippen LogP contribution in [0.5, 0.6) is 0 Å². The fraction of sp³-hybridized carbons (Fsp3) is 0.667. The second-order valence-corrected chi connectivity index (χ2v) is 4.96. The molecule has 17 heavy (non-hydrogen) atoms. The zero-order valence-electron chi connectivity index (χ0n) is 10.3. The quantitative estimate of drug-likeness (QED) is 0.719. The standard InChI is InChI=1S/C12H20N4O/c1-7(2)10-11(13)15-6-16-12(10)14-5-9(17)8-3-4-8/h6-9,17H,3-5H2,1-2H3,(H3,13,14,15,16). The van der Waals surface area contributed by atoms with E-state index in [4.69, 9.17) is 5.73 Å². The van der Waals surface area contributed by atoms with Gasteiger partial charge in [-0.05, 0) is 24.7 Å². The van der Waals surface area contributed by atoms with E-state index >= 15 is 0 Å². The Labute approximate surface area is 101 Å². The number of anilines is 2. The molecule has 1 atom stereocenters. The molecule has 1 aliphatic rings. The van der Waals surface area contributed by atoms with E-state index in [1.165, 1.54) is 6.33 Å². The van der Waals surface area contributed by atoms with Crippen LogP contribution in [0.25, 0.3) is 0 Å². The Morgan fingerprint density at radius 3 is 2.76 bits per heavy atom. The van der Waals surface area contributed by atoms with Crippen LogP contribution in [-0.4, -0.2) is 27.7 Å². The number of hydrogen-bond donors (Lipinski definition) is 3. The molecule has 1 saturated carbocycles. The van der Waals surface area contributed by atoms with E-state index in [9.17, 15) is 5.11 Å². The summed E-state index contributed by atoms with van der Waals surface area (Å²) in [7, 11) is 0. The monoisotopic (exact) mass is 236 g/mol. The summed E-state index contributed by atoms with van der Waals surface area (Å²) in [6.45, 7) is 4.63. The summed E-state index contributed by atoms with van der Waals surface area (Å²) in [5.74, 6) is 1.98. The minimum absolute atomic E-state index is 0.261. The first-order chi connectivity index (χ1) is 8.09. The van der Waals surface area contributed by atoms with E-state index in [0.29, 0.717) is 18.3 Å². The predicted molar refractivity (Wildman–Crippen MR) is 67.8 cm³/mol. The zero-order valence-corrected chi connectivity index (χ0v) is 10.3. The molecule has 94 valence electrons. The number of nitrogens with two attached hydrogens (primary N) is 1. The topological polar surface area (TPSA) is 84.1 Å². The van der Waals surface area contributed by atoms with Gasteiger partial charge in [0.15, 0.2) is 0 Å². The predicted octanol–water partition coefficient (Wildman–Crippen LogP) is 1.36. The first-order valence-corrected chi connectivity index (χ1v) is 6.12. The highest BCUT2D eigenvalue weighted by molar-refractivity contribution is 5.56. The largest absolute Gasteiger partial charge is 0.391 e. The molecular formula is C12H20N4O. The van der Waals surface area contributed by atoms with Crippen LogP contribution in [-0.2, 0) is 0 Å². The van der Waals surface area contributed by atoms with Crippen molar-refractivity contribution < 1.29 is 5.11 Å². The molecule has 1 unspecified atom stereocenters. The number of hydrogen-bond acceptors (Lipinski definition) is 5. The third-order valence-electron chi connectivity index (χ3n) is 3.14. The fourth-order valence-corrected chi connectivity index (χ4v) is 1.97. The van der Waals surface area contributed by atoms with E-state index in [0.717, 1.165) is 24.2 Å². The number of aromatic nitrogens is 2. The van der Waals surface area contributed by atoms with Gasteiger partial charge in [0.05, 0.1) is 6.10 Å². The van der Waals surface area contributed by atoms with E-state index in [-0.39, 0.29) is 12.0 Å². The van der Waals surface area contributed by atoms with Crippen molar-refractivity contribution in [2.45, 2.75) is 38.7 Å². The maximum Gasteiger partial charge on any atom is 0.135 e.